The molecular weight excluding hydrogens is 188 g/mol. The van der Waals surface area contributed by atoms with Crippen molar-refractivity contribution in [2.24, 2.45) is 5.73 Å². The molecule has 0 aliphatic heterocycles. The van der Waals surface area contributed by atoms with Gasteiger partial charge in [0.25, 0.3) is 0 Å². The summed E-state index contributed by atoms with van der Waals surface area (Å²) in [6, 6.07) is 9.55. The van der Waals surface area contributed by atoms with E-state index in [-0.39, 0.29) is 0 Å². The van der Waals surface area contributed by atoms with Crippen LogP contribution in [0.25, 0.3) is 0 Å². The highest BCUT2D eigenvalue weighted by Crippen LogP contribution is 2.21. The average Bonchev–Trinajstić information content (AvgIpc) is 2.81. The van der Waals surface area contributed by atoms with Crippen LogP contribution < -0.4 is 5.73 Å². The molecular formula is C12H14N2O. The van der Waals surface area contributed by atoms with Crippen molar-refractivity contribution >= 4 is 0 Å². The van der Waals surface area contributed by atoms with Crippen LogP contribution in [0, 0.1) is 0 Å². The summed E-state index contributed by atoms with van der Waals surface area (Å²) in [5.41, 5.74) is 8.32. The van der Waals surface area contributed by atoms with Gasteiger partial charge in [0, 0.05) is 24.5 Å². The summed E-state index contributed by atoms with van der Waals surface area (Å²) in [7, 11) is 0. The monoisotopic (exact) mass is 202 g/mol. The van der Waals surface area contributed by atoms with Gasteiger partial charge >= 0.3 is 0 Å². The molecule has 3 heteroatoms. The van der Waals surface area contributed by atoms with Gasteiger partial charge in [-0.05, 0) is 17.2 Å². The fourth-order valence-corrected chi connectivity index (χ4v) is 1.59. The Hall–Kier alpha value is -1.58. The van der Waals surface area contributed by atoms with E-state index in [4.69, 9.17) is 5.73 Å². The smallest absolute Gasteiger partial charge is 0.106 e. The lowest BCUT2D eigenvalue weighted by Gasteiger charge is -2.10. The third-order valence-electron chi connectivity index (χ3n) is 2.44. The molecule has 0 aliphatic carbocycles. The van der Waals surface area contributed by atoms with Crippen LogP contribution in [0.1, 0.15) is 22.8 Å². The minimum atomic E-state index is -0.581. The highest BCUT2D eigenvalue weighted by Gasteiger charge is 2.10. The van der Waals surface area contributed by atoms with E-state index in [1.54, 1.807) is 12.4 Å². The van der Waals surface area contributed by atoms with Crippen molar-refractivity contribution in [1.29, 1.82) is 0 Å². The topological polar surface area (TPSA) is 62.0 Å². The number of aromatic amines is 1. The van der Waals surface area contributed by atoms with Crippen LogP contribution in [0.2, 0.25) is 0 Å². The van der Waals surface area contributed by atoms with Crippen molar-refractivity contribution in [3.8, 4) is 0 Å². The molecule has 0 radical (unpaired) electrons. The highest BCUT2D eigenvalue weighted by molar-refractivity contribution is 5.31. The van der Waals surface area contributed by atoms with Crippen LogP contribution in [0.5, 0.6) is 0 Å². The van der Waals surface area contributed by atoms with Crippen LogP contribution in [0.4, 0.5) is 0 Å². The minimum Gasteiger partial charge on any atom is -0.384 e. The van der Waals surface area contributed by atoms with Gasteiger partial charge < -0.3 is 15.8 Å². The number of rotatable bonds is 3. The maximum atomic E-state index is 10.0. The lowest BCUT2D eigenvalue weighted by Crippen LogP contribution is -2.01. The Morgan fingerprint density at radius 1 is 1.27 bits per heavy atom. The van der Waals surface area contributed by atoms with Gasteiger partial charge in [-0.1, -0.05) is 24.3 Å². The zero-order valence-corrected chi connectivity index (χ0v) is 8.35. The first-order chi connectivity index (χ1) is 7.31. The number of aromatic nitrogens is 1. The van der Waals surface area contributed by atoms with E-state index in [2.05, 4.69) is 4.98 Å². The van der Waals surface area contributed by atoms with Crippen molar-refractivity contribution in [1.82, 2.24) is 4.98 Å². The molecule has 0 saturated heterocycles. The molecule has 3 nitrogen and oxygen atoms in total. The quantitative estimate of drug-likeness (QED) is 0.707. The molecule has 1 unspecified atom stereocenters. The lowest BCUT2D eigenvalue weighted by molar-refractivity contribution is 0.220. The summed E-state index contributed by atoms with van der Waals surface area (Å²) in [6.45, 7) is 0.494. The molecule has 2 rings (SSSR count). The van der Waals surface area contributed by atoms with Gasteiger partial charge in [-0.3, -0.25) is 0 Å². The molecule has 1 heterocycles. The molecule has 0 amide bonds. The molecule has 0 fully saturated rings. The van der Waals surface area contributed by atoms with Crippen LogP contribution in [-0.2, 0) is 6.54 Å². The predicted octanol–water partition coefficient (Wildman–Crippen LogP) is 1.56. The maximum absolute atomic E-state index is 10.0. The molecule has 1 atom stereocenters. The van der Waals surface area contributed by atoms with E-state index < -0.39 is 6.10 Å². The summed E-state index contributed by atoms with van der Waals surface area (Å²) in [6.07, 6.45) is 3.01. The third-order valence-corrected chi connectivity index (χ3v) is 2.44. The zero-order valence-electron chi connectivity index (χ0n) is 8.35. The molecule has 0 bridgehead atoms. The molecule has 0 spiro atoms. The van der Waals surface area contributed by atoms with Crippen LogP contribution in [0.3, 0.4) is 0 Å². The van der Waals surface area contributed by atoms with Crippen LogP contribution in [-0.4, -0.2) is 10.1 Å². The van der Waals surface area contributed by atoms with Gasteiger partial charge in [-0.2, -0.15) is 0 Å². The number of nitrogens with one attached hydrogen (secondary N) is 1. The molecule has 0 saturated carbocycles. The normalized spacial score (nSPS) is 12.7. The summed E-state index contributed by atoms with van der Waals surface area (Å²) < 4.78 is 0. The fourth-order valence-electron chi connectivity index (χ4n) is 1.59. The largest absolute Gasteiger partial charge is 0.384 e. The van der Waals surface area contributed by atoms with Crippen molar-refractivity contribution in [3.05, 3.63) is 59.4 Å². The number of H-pyrrole nitrogens is 1. The first-order valence-corrected chi connectivity index (χ1v) is 4.91. The second-order valence-corrected chi connectivity index (χ2v) is 3.50. The number of nitrogens with two attached hydrogens (primary N) is 1. The number of aliphatic hydroxyl groups is 1. The van der Waals surface area contributed by atoms with E-state index in [9.17, 15) is 5.11 Å². The highest BCUT2D eigenvalue weighted by atomic mass is 16.3. The summed E-state index contributed by atoms with van der Waals surface area (Å²) in [5.74, 6) is 0. The van der Waals surface area contributed by atoms with Crippen LogP contribution in [0.15, 0.2) is 42.7 Å². The number of aliphatic hydroxyl groups excluding tert-OH is 1. The van der Waals surface area contributed by atoms with Crippen molar-refractivity contribution in [3.63, 3.8) is 0 Å². The number of hydrogen-bond donors (Lipinski definition) is 3. The van der Waals surface area contributed by atoms with Crippen molar-refractivity contribution in [2.75, 3.05) is 0 Å². The third kappa shape index (κ3) is 2.09. The Balaban J connectivity index is 2.29. The molecule has 4 N–H and O–H groups in total. The van der Waals surface area contributed by atoms with Crippen LogP contribution >= 0.6 is 0 Å². The molecule has 0 aliphatic rings. The fraction of sp³-hybridized carbons (Fsp3) is 0.167. The van der Waals surface area contributed by atoms with E-state index in [0.717, 1.165) is 16.7 Å². The van der Waals surface area contributed by atoms with E-state index >= 15 is 0 Å². The summed E-state index contributed by atoms with van der Waals surface area (Å²) in [5, 5.41) is 10.0. The summed E-state index contributed by atoms with van der Waals surface area (Å²) >= 11 is 0. The first kappa shape index (κ1) is 9.96. The Morgan fingerprint density at radius 3 is 2.80 bits per heavy atom. The predicted molar refractivity (Wildman–Crippen MR) is 59.2 cm³/mol. The van der Waals surface area contributed by atoms with Crippen molar-refractivity contribution in [2.45, 2.75) is 12.6 Å². The van der Waals surface area contributed by atoms with Gasteiger partial charge in [0.15, 0.2) is 0 Å². The lowest BCUT2D eigenvalue weighted by atomic mass is 10.0. The Labute approximate surface area is 88.6 Å². The Bertz CT molecular complexity index is 423. The van der Waals surface area contributed by atoms with E-state index in [1.165, 1.54) is 0 Å². The maximum Gasteiger partial charge on any atom is 0.106 e. The second kappa shape index (κ2) is 4.29. The van der Waals surface area contributed by atoms with Gasteiger partial charge in [0.1, 0.15) is 6.10 Å². The average molecular weight is 202 g/mol. The minimum absolute atomic E-state index is 0.494. The molecule has 2 aromatic rings. The van der Waals surface area contributed by atoms with E-state index in [0.29, 0.717) is 6.54 Å². The standard InChI is InChI=1S/C12H14N2O/c13-7-9-2-1-3-10(6-9)12(15)11-4-5-14-8-11/h1-6,8,12,14-15H,7,13H2. The van der Waals surface area contributed by atoms with Gasteiger partial charge in [0.2, 0.25) is 0 Å². The SMILES string of the molecule is NCc1cccc(C(O)c2cc[nH]c2)c1. The van der Waals surface area contributed by atoms with E-state index in [1.807, 2.05) is 30.3 Å². The number of hydrogen-bond acceptors (Lipinski definition) is 2. The Kier molecular flexibility index (Phi) is 2.85. The molecule has 1 aromatic heterocycles. The van der Waals surface area contributed by atoms with Gasteiger partial charge in [-0.15, -0.1) is 0 Å². The molecule has 1 aromatic carbocycles. The zero-order chi connectivity index (χ0) is 10.7. The number of benzene rings is 1. The molecule has 15 heavy (non-hydrogen) atoms. The Morgan fingerprint density at radius 2 is 2.13 bits per heavy atom. The van der Waals surface area contributed by atoms with Gasteiger partial charge in [-0.25, -0.2) is 0 Å². The second-order valence-electron chi connectivity index (χ2n) is 3.50. The molecule has 78 valence electrons. The van der Waals surface area contributed by atoms with Gasteiger partial charge in [0.05, 0.1) is 0 Å². The summed E-state index contributed by atoms with van der Waals surface area (Å²) in [4.78, 5) is 2.92. The first-order valence-electron chi connectivity index (χ1n) is 4.91. The van der Waals surface area contributed by atoms with Crippen molar-refractivity contribution < 1.29 is 5.11 Å².